The van der Waals surface area contributed by atoms with Gasteiger partial charge < -0.3 is 5.73 Å². The number of hydrogen-bond acceptors (Lipinski definition) is 4. The van der Waals surface area contributed by atoms with Crippen molar-refractivity contribution in [2.24, 2.45) is 0 Å². The fourth-order valence-corrected chi connectivity index (χ4v) is 3.23. The van der Waals surface area contributed by atoms with Crippen molar-refractivity contribution in [2.45, 2.75) is 4.90 Å². The number of nitrogens with two attached hydrogens (primary N) is 1. The minimum Gasteiger partial charge on any atom is -0.396 e. The maximum atomic E-state index is 13.2. The van der Waals surface area contributed by atoms with E-state index in [0.29, 0.717) is 0 Å². The van der Waals surface area contributed by atoms with Crippen molar-refractivity contribution in [3.63, 3.8) is 0 Å². The van der Waals surface area contributed by atoms with Crippen LogP contribution in [0.1, 0.15) is 0 Å². The fraction of sp³-hybridized carbons (Fsp3) is 0.0833. The Balaban J connectivity index is 2.54. The lowest BCUT2D eigenvalue weighted by Gasteiger charge is -2.19. The van der Waals surface area contributed by atoms with E-state index in [1.807, 2.05) is 0 Å². The van der Waals surface area contributed by atoms with E-state index in [-0.39, 0.29) is 21.4 Å². The van der Waals surface area contributed by atoms with E-state index < -0.39 is 15.8 Å². The third kappa shape index (κ3) is 2.54. The maximum absolute atomic E-state index is 13.2. The fourth-order valence-electron chi connectivity index (χ4n) is 1.55. The van der Waals surface area contributed by atoms with Crippen LogP contribution in [0.2, 0.25) is 5.02 Å². The lowest BCUT2D eigenvalue weighted by molar-refractivity contribution is 0.593. The maximum Gasteiger partial charge on any atom is 0.266 e. The van der Waals surface area contributed by atoms with Crippen LogP contribution in [-0.4, -0.2) is 20.4 Å². The minimum atomic E-state index is -3.97. The Morgan fingerprint density at radius 1 is 1.35 bits per heavy atom. The molecule has 106 valence electrons. The number of sulfonamides is 1. The zero-order valence-corrected chi connectivity index (χ0v) is 12.0. The summed E-state index contributed by atoms with van der Waals surface area (Å²) in [6, 6.07) is 6.70. The number of anilines is 2. The van der Waals surface area contributed by atoms with Crippen molar-refractivity contribution in [2.75, 3.05) is 17.1 Å². The van der Waals surface area contributed by atoms with Crippen LogP contribution < -0.4 is 10.0 Å². The molecule has 0 amide bonds. The molecule has 0 aliphatic heterocycles. The first-order valence-corrected chi connectivity index (χ1v) is 7.30. The Hall–Kier alpha value is -1.86. The molecule has 0 bridgehead atoms. The molecular weight excluding hydrogens is 305 g/mol. The zero-order chi connectivity index (χ0) is 14.9. The van der Waals surface area contributed by atoms with Gasteiger partial charge in [-0.2, -0.15) is 0 Å². The van der Waals surface area contributed by atoms with Crippen molar-refractivity contribution in [3.8, 4) is 0 Å². The summed E-state index contributed by atoms with van der Waals surface area (Å²) in [7, 11) is -2.64. The molecular formula is C12H11ClFN3O2S. The van der Waals surface area contributed by atoms with E-state index in [0.717, 1.165) is 16.4 Å². The Bertz CT molecular complexity index is 738. The van der Waals surface area contributed by atoms with Crippen molar-refractivity contribution < 1.29 is 12.8 Å². The summed E-state index contributed by atoms with van der Waals surface area (Å²) in [5.41, 5.74) is 5.10. The van der Waals surface area contributed by atoms with Crippen LogP contribution in [-0.2, 0) is 10.0 Å². The van der Waals surface area contributed by atoms with Gasteiger partial charge in [-0.3, -0.25) is 4.31 Å². The van der Waals surface area contributed by atoms with Crippen LogP contribution in [0.5, 0.6) is 0 Å². The largest absolute Gasteiger partial charge is 0.396 e. The van der Waals surface area contributed by atoms with E-state index in [9.17, 15) is 12.8 Å². The Morgan fingerprint density at radius 2 is 2.05 bits per heavy atom. The van der Waals surface area contributed by atoms with Gasteiger partial charge >= 0.3 is 0 Å². The number of rotatable bonds is 3. The molecule has 0 atom stereocenters. The van der Waals surface area contributed by atoms with E-state index in [1.54, 1.807) is 12.1 Å². The number of aromatic nitrogens is 1. The van der Waals surface area contributed by atoms with Gasteiger partial charge in [0.2, 0.25) is 0 Å². The number of nitrogen functional groups attached to an aromatic ring is 1. The Labute approximate surface area is 120 Å². The average Bonchev–Trinajstić information content (AvgIpc) is 2.42. The topological polar surface area (TPSA) is 76.3 Å². The highest BCUT2D eigenvalue weighted by Gasteiger charge is 2.26. The quantitative estimate of drug-likeness (QED) is 0.882. The van der Waals surface area contributed by atoms with Gasteiger partial charge in [-0.15, -0.1) is 0 Å². The number of pyridine rings is 1. The monoisotopic (exact) mass is 315 g/mol. The molecule has 8 heteroatoms. The molecule has 0 aliphatic rings. The molecule has 0 saturated heterocycles. The predicted octanol–water partition coefficient (Wildman–Crippen LogP) is 2.28. The van der Waals surface area contributed by atoms with Gasteiger partial charge in [-0.1, -0.05) is 17.7 Å². The van der Waals surface area contributed by atoms with Gasteiger partial charge in [0, 0.05) is 13.2 Å². The molecule has 2 N–H and O–H groups in total. The lowest BCUT2D eigenvalue weighted by atomic mass is 10.3. The van der Waals surface area contributed by atoms with Crippen LogP contribution >= 0.6 is 11.6 Å². The highest BCUT2D eigenvalue weighted by Crippen LogP contribution is 2.29. The molecule has 1 aromatic carbocycles. The van der Waals surface area contributed by atoms with Gasteiger partial charge in [-0.05, 0) is 24.3 Å². The third-order valence-corrected chi connectivity index (χ3v) is 4.89. The van der Waals surface area contributed by atoms with Gasteiger partial charge in [0.15, 0.2) is 0 Å². The average molecular weight is 316 g/mol. The SMILES string of the molecule is CN(c1ccccn1)S(=O)(=O)c1cc(N)c(F)cc1Cl. The molecule has 0 spiro atoms. The third-order valence-electron chi connectivity index (χ3n) is 2.66. The van der Waals surface area contributed by atoms with Crippen molar-refractivity contribution in [1.29, 1.82) is 0 Å². The Kier molecular flexibility index (Phi) is 3.82. The van der Waals surface area contributed by atoms with Gasteiger partial charge in [-0.25, -0.2) is 17.8 Å². The Morgan fingerprint density at radius 3 is 2.65 bits per heavy atom. The molecule has 0 radical (unpaired) electrons. The molecule has 0 aliphatic carbocycles. The second-order valence-electron chi connectivity index (χ2n) is 3.96. The molecule has 2 rings (SSSR count). The van der Waals surface area contributed by atoms with Crippen LogP contribution in [0.15, 0.2) is 41.4 Å². The zero-order valence-electron chi connectivity index (χ0n) is 10.4. The first-order chi connectivity index (χ1) is 9.34. The molecule has 1 aromatic heterocycles. The standard InChI is InChI=1S/C12H11ClFN3O2S/c1-17(12-4-2-3-5-16-12)20(18,19)11-7-10(15)9(14)6-8(11)13/h2-7H,15H2,1H3. The summed E-state index contributed by atoms with van der Waals surface area (Å²) in [5.74, 6) is -0.555. The van der Waals surface area contributed by atoms with E-state index in [4.69, 9.17) is 17.3 Å². The van der Waals surface area contributed by atoms with Gasteiger partial charge in [0.25, 0.3) is 10.0 Å². The number of benzene rings is 1. The van der Waals surface area contributed by atoms with E-state index in [2.05, 4.69) is 4.98 Å². The molecule has 2 aromatic rings. The minimum absolute atomic E-state index is 0.214. The first kappa shape index (κ1) is 14.5. The molecule has 0 saturated carbocycles. The predicted molar refractivity (Wildman–Crippen MR) is 75.6 cm³/mol. The van der Waals surface area contributed by atoms with Crippen molar-refractivity contribution >= 4 is 33.1 Å². The van der Waals surface area contributed by atoms with E-state index >= 15 is 0 Å². The second-order valence-corrected chi connectivity index (χ2v) is 6.31. The number of hydrogen-bond donors (Lipinski definition) is 1. The van der Waals surface area contributed by atoms with Crippen molar-refractivity contribution in [3.05, 3.63) is 47.4 Å². The number of nitrogens with zero attached hydrogens (tertiary/aromatic N) is 2. The summed E-state index contributed by atoms with van der Waals surface area (Å²) in [4.78, 5) is 3.67. The van der Waals surface area contributed by atoms with Gasteiger partial charge in [0.05, 0.1) is 10.7 Å². The normalized spacial score (nSPS) is 11.3. The summed E-state index contributed by atoms with van der Waals surface area (Å²) < 4.78 is 39.1. The lowest BCUT2D eigenvalue weighted by Crippen LogP contribution is -2.27. The van der Waals surface area contributed by atoms with Gasteiger partial charge in [0.1, 0.15) is 16.5 Å². The molecule has 0 fully saturated rings. The number of halogens is 2. The first-order valence-electron chi connectivity index (χ1n) is 5.48. The molecule has 0 unspecified atom stereocenters. The highest BCUT2D eigenvalue weighted by atomic mass is 35.5. The van der Waals surface area contributed by atoms with Crippen LogP contribution in [0.3, 0.4) is 0 Å². The van der Waals surface area contributed by atoms with E-state index in [1.165, 1.54) is 19.3 Å². The molecule has 20 heavy (non-hydrogen) atoms. The summed E-state index contributed by atoms with van der Waals surface area (Å²) in [5, 5.41) is -0.237. The van der Waals surface area contributed by atoms with Crippen LogP contribution in [0.4, 0.5) is 15.9 Å². The summed E-state index contributed by atoms with van der Waals surface area (Å²) in [6.07, 6.45) is 1.46. The molecule has 1 heterocycles. The smallest absolute Gasteiger partial charge is 0.266 e. The molecule has 5 nitrogen and oxygen atoms in total. The second kappa shape index (κ2) is 5.26. The van der Waals surface area contributed by atoms with Crippen LogP contribution in [0, 0.1) is 5.82 Å². The summed E-state index contributed by atoms with van der Waals surface area (Å²) in [6.45, 7) is 0. The van der Waals surface area contributed by atoms with Crippen LogP contribution in [0.25, 0.3) is 0 Å². The highest BCUT2D eigenvalue weighted by molar-refractivity contribution is 7.93. The van der Waals surface area contributed by atoms with Crippen molar-refractivity contribution in [1.82, 2.24) is 4.98 Å². The summed E-state index contributed by atoms with van der Waals surface area (Å²) >= 11 is 5.80.